The summed E-state index contributed by atoms with van der Waals surface area (Å²) in [6.45, 7) is 0.662. The number of nitrogens with two attached hydrogens (primary N) is 2. The second kappa shape index (κ2) is 4.54. The average molecular weight is 238 g/mol. The highest BCUT2D eigenvalue weighted by Crippen LogP contribution is 2.31. The van der Waals surface area contributed by atoms with Gasteiger partial charge in [-0.1, -0.05) is 0 Å². The summed E-state index contributed by atoms with van der Waals surface area (Å²) in [5.41, 5.74) is 10.8. The fourth-order valence-corrected chi connectivity index (χ4v) is 1.80. The minimum absolute atomic E-state index is 0.0944. The second-order valence-electron chi connectivity index (χ2n) is 4.12. The van der Waals surface area contributed by atoms with Crippen molar-refractivity contribution in [3.05, 3.63) is 22.2 Å². The molecule has 0 bridgehead atoms. The van der Waals surface area contributed by atoms with Crippen LogP contribution in [0.5, 0.6) is 5.88 Å². The molecule has 0 amide bonds. The Bertz CT molecular complexity index is 432. The van der Waals surface area contributed by atoms with Crippen LogP contribution in [0.2, 0.25) is 0 Å². The monoisotopic (exact) mass is 238 g/mol. The van der Waals surface area contributed by atoms with Crippen molar-refractivity contribution in [1.82, 2.24) is 4.98 Å². The van der Waals surface area contributed by atoms with Crippen molar-refractivity contribution in [2.45, 2.75) is 18.9 Å². The molecule has 0 aliphatic heterocycles. The zero-order valence-electron chi connectivity index (χ0n) is 9.20. The Labute approximate surface area is 97.9 Å². The van der Waals surface area contributed by atoms with E-state index < -0.39 is 4.92 Å². The molecule has 0 radical (unpaired) electrons. The van der Waals surface area contributed by atoms with E-state index in [-0.39, 0.29) is 17.6 Å². The maximum absolute atomic E-state index is 10.5. The Morgan fingerprint density at radius 2 is 2.24 bits per heavy atom. The summed E-state index contributed by atoms with van der Waals surface area (Å²) in [6, 6.07) is 2.76. The highest BCUT2D eigenvalue weighted by molar-refractivity contribution is 5.53. The van der Waals surface area contributed by atoms with E-state index in [2.05, 4.69) is 4.98 Å². The van der Waals surface area contributed by atoms with E-state index in [4.69, 9.17) is 16.2 Å². The van der Waals surface area contributed by atoms with Gasteiger partial charge in [-0.15, -0.1) is 0 Å². The first kappa shape index (κ1) is 11.6. The topological polar surface area (TPSA) is 117 Å². The summed E-state index contributed by atoms with van der Waals surface area (Å²) < 4.78 is 5.53. The van der Waals surface area contributed by atoms with Crippen molar-refractivity contribution >= 4 is 11.5 Å². The minimum atomic E-state index is -0.570. The lowest BCUT2D eigenvalue weighted by atomic mass is 9.82. The quantitative estimate of drug-likeness (QED) is 0.588. The zero-order valence-corrected chi connectivity index (χ0v) is 9.20. The highest BCUT2D eigenvalue weighted by atomic mass is 16.6. The standard InChI is InChI=1S/C10H14N4O3/c11-5-6-3-7(4-6)17-9-2-1-8(14(15)16)10(12)13-9/h1-2,6-7H,3-5,11H2,(H2,12,13). The number of ether oxygens (including phenoxy) is 1. The SMILES string of the molecule is NCC1CC(Oc2ccc([N+](=O)[O-])c(N)n2)C1. The molecule has 1 saturated carbocycles. The molecule has 1 aliphatic rings. The number of pyridine rings is 1. The van der Waals surface area contributed by atoms with Crippen LogP contribution in [0.1, 0.15) is 12.8 Å². The maximum atomic E-state index is 10.5. The number of anilines is 1. The summed E-state index contributed by atoms with van der Waals surface area (Å²) >= 11 is 0. The van der Waals surface area contributed by atoms with Crippen LogP contribution in [0, 0.1) is 16.0 Å². The van der Waals surface area contributed by atoms with Crippen molar-refractivity contribution in [2.24, 2.45) is 11.7 Å². The van der Waals surface area contributed by atoms with E-state index in [1.165, 1.54) is 12.1 Å². The molecule has 1 aromatic rings. The molecule has 17 heavy (non-hydrogen) atoms. The Balaban J connectivity index is 1.99. The van der Waals surface area contributed by atoms with Gasteiger partial charge in [0, 0.05) is 12.1 Å². The van der Waals surface area contributed by atoms with Crippen LogP contribution in [-0.4, -0.2) is 22.6 Å². The number of nitrogens with zero attached hydrogens (tertiary/aromatic N) is 2. The first-order valence-electron chi connectivity index (χ1n) is 5.37. The lowest BCUT2D eigenvalue weighted by Gasteiger charge is -2.34. The van der Waals surface area contributed by atoms with Crippen molar-refractivity contribution in [3.63, 3.8) is 0 Å². The van der Waals surface area contributed by atoms with Crippen molar-refractivity contribution in [1.29, 1.82) is 0 Å². The van der Waals surface area contributed by atoms with Gasteiger partial charge in [0.15, 0.2) is 0 Å². The van der Waals surface area contributed by atoms with Crippen LogP contribution in [0.25, 0.3) is 0 Å². The molecule has 0 unspecified atom stereocenters. The van der Waals surface area contributed by atoms with Gasteiger partial charge in [-0.05, 0) is 25.3 Å². The Kier molecular flexibility index (Phi) is 3.10. The van der Waals surface area contributed by atoms with E-state index in [1.807, 2.05) is 0 Å². The molecule has 2 rings (SSSR count). The third kappa shape index (κ3) is 2.44. The first-order chi connectivity index (χ1) is 8.10. The second-order valence-corrected chi connectivity index (χ2v) is 4.12. The van der Waals surface area contributed by atoms with Crippen LogP contribution in [0.4, 0.5) is 11.5 Å². The van der Waals surface area contributed by atoms with Crippen LogP contribution in [-0.2, 0) is 0 Å². The van der Waals surface area contributed by atoms with Crippen LogP contribution in [0.3, 0.4) is 0 Å². The third-order valence-corrected chi connectivity index (χ3v) is 2.89. The molecule has 0 aromatic carbocycles. The summed E-state index contributed by atoms with van der Waals surface area (Å²) in [5, 5.41) is 10.5. The van der Waals surface area contributed by atoms with Gasteiger partial charge >= 0.3 is 5.69 Å². The van der Waals surface area contributed by atoms with E-state index in [9.17, 15) is 10.1 Å². The van der Waals surface area contributed by atoms with Gasteiger partial charge in [-0.3, -0.25) is 10.1 Å². The Morgan fingerprint density at radius 3 is 2.76 bits per heavy atom. The fourth-order valence-electron chi connectivity index (χ4n) is 1.80. The molecule has 7 heteroatoms. The lowest BCUT2D eigenvalue weighted by molar-refractivity contribution is -0.384. The fraction of sp³-hybridized carbons (Fsp3) is 0.500. The summed E-state index contributed by atoms with van der Waals surface area (Å²) in [6.07, 6.45) is 1.89. The molecule has 7 nitrogen and oxygen atoms in total. The summed E-state index contributed by atoms with van der Waals surface area (Å²) in [4.78, 5) is 13.8. The largest absolute Gasteiger partial charge is 0.474 e. The minimum Gasteiger partial charge on any atom is -0.474 e. The molecule has 1 aliphatic carbocycles. The number of hydrogen-bond donors (Lipinski definition) is 2. The normalized spacial score (nSPS) is 22.9. The molecule has 1 aromatic heterocycles. The van der Waals surface area contributed by atoms with E-state index in [1.54, 1.807) is 0 Å². The average Bonchev–Trinajstić information content (AvgIpc) is 2.22. The van der Waals surface area contributed by atoms with Crippen LogP contribution in [0.15, 0.2) is 12.1 Å². The van der Waals surface area contributed by atoms with E-state index in [0.717, 1.165) is 12.8 Å². The lowest BCUT2D eigenvalue weighted by Crippen LogP contribution is -2.37. The van der Waals surface area contributed by atoms with Gasteiger partial charge < -0.3 is 16.2 Å². The van der Waals surface area contributed by atoms with Crippen LogP contribution >= 0.6 is 0 Å². The van der Waals surface area contributed by atoms with Gasteiger partial charge in [0.2, 0.25) is 11.7 Å². The molecule has 4 N–H and O–H groups in total. The maximum Gasteiger partial charge on any atom is 0.311 e. The number of nitrogen functional groups attached to an aromatic ring is 1. The first-order valence-corrected chi connectivity index (χ1v) is 5.37. The van der Waals surface area contributed by atoms with E-state index in [0.29, 0.717) is 18.3 Å². The van der Waals surface area contributed by atoms with Gasteiger partial charge in [0.1, 0.15) is 6.10 Å². The smallest absolute Gasteiger partial charge is 0.311 e. The highest BCUT2D eigenvalue weighted by Gasteiger charge is 2.30. The van der Waals surface area contributed by atoms with E-state index >= 15 is 0 Å². The molecule has 0 saturated heterocycles. The molecule has 1 heterocycles. The Morgan fingerprint density at radius 1 is 1.53 bits per heavy atom. The predicted molar refractivity (Wildman–Crippen MR) is 61.5 cm³/mol. The number of rotatable bonds is 4. The number of aromatic nitrogens is 1. The van der Waals surface area contributed by atoms with Gasteiger partial charge in [-0.2, -0.15) is 4.98 Å². The summed E-state index contributed by atoms with van der Waals surface area (Å²) in [7, 11) is 0. The van der Waals surface area contributed by atoms with Gasteiger partial charge in [0.25, 0.3) is 0 Å². The summed E-state index contributed by atoms with van der Waals surface area (Å²) in [5.74, 6) is 0.714. The molecule has 0 atom stereocenters. The van der Waals surface area contributed by atoms with Crippen molar-refractivity contribution < 1.29 is 9.66 Å². The van der Waals surface area contributed by atoms with Gasteiger partial charge in [0.05, 0.1) is 4.92 Å². The molecule has 1 fully saturated rings. The number of nitro groups is 1. The van der Waals surface area contributed by atoms with Crippen molar-refractivity contribution in [3.8, 4) is 5.88 Å². The van der Waals surface area contributed by atoms with Gasteiger partial charge in [-0.25, -0.2) is 0 Å². The Hall–Kier alpha value is -1.89. The predicted octanol–water partition coefficient (Wildman–Crippen LogP) is 0.688. The number of hydrogen-bond acceptors (Lipinski definition) is 6. The molecular formula is C10H14N4O3. The van der Waals surface area contributed by atoms with Crippen LogP contribution < -0.4 is 16.2 Å². The zero-order chi connectivity index (χ0) is 12.4. The third-order valence-electron chi connectivity index (χ3n) is 2.89. The van der Waals surface area contributed by atoms with Crippen molar-refractivity contribution in [2.75, 3.05) is 12.3 Å². The molecule has 92 valence electrons. The molecule has 0 spiro atoms. The molecular weight excluding hydrogens is 224 g/mol.